The Balaban J connectivity index is 2.10. The molecule has 1 atom stereocenters. The first-order chi connectivity index (χ1) is 8.20. The third-order valence-corrected chi connectivity index (χ3v) is 3.07. The smallest absolute Gasteiger partial charge is 0.171 e. The fourth-order valence-corrected chi connectivity index (χ4v) is 2.01. The molecule has 2 heterocycles. The Labute approximate surface area is 108 Å². The predicted octanol–water partition coefficient (Wildman–Crippen LogP) is 2.06. The molecule has 2 N–H and O–H groups in total. The third kappa shape index (κ3) is 2.95. The highest BCUT2D eigenvalue weighted by molar-refractivity contribution is 9.10. The zero-order chi connectivity index (χ0) is 12.3. The molecule has 2 aromatic heterocycles. The molecule has 2 rings (SSSR count). The van der Waals surface area contributed by atoms with E-state index >= 15 is 0 Å². The highest BCUT2D eigenvalue weighted by atomic mass is 79.9. The zero-order valence-corrected chi connectivity index (χ0v) is 11.2. The number of aliphatic hydroxyl groups excluding tert-OH is 1. The maximum absolute atomic E-state index is 8.77. The number of hydrogen-bond acceptors (Lipinski definition) is 4. The molecule has 1 unspecified atom stereocenters. The van der Waals surface area contributed by atoms with Crippen LogP contribution in [0.15, 0.2) is 22.9 Å². The van der Waals surface area contributed by atoms with Crippen molar-refractivity contribution in [1.29, 1.82) is 0 Å². The second kappa shape index (κ2) is 5.46. The van der Waals surface area contributed by atoms with Crippen molar-refractivity contribution >= 4 is 27.4 Å². The van der Waals surface area contributed by atoms with Gasteiger partial charge >= 0.3 is 0 Å². The molecule has 0 aromatic carbocycles. The van der Waals surface area contributed by atoms with Gasteiger partial charge in [-0.3, -0.25) is 0 Å². The van der Waals surface area contributed by atoms with E-state index in [9.17, 15) is 0 Å². The Morgan fingerprint density at radius 1 is 1.59 bits per heavy atom. The van der Waals surface area contributed by atoms with Crippen LogP contribution in [0.2, 0.25) is 0 Å². The molecule has 0 bridgehead atoms. The number of halogens is 1. The second-order valence-electron chi connectivity index (χ2n) is 3.98. The van der Waals surface area contributed by atoms with E-state index in [1.165, 1.54) is 0 Å². The summed E-state index contributed by atoms with van der Waals surface area (Å²) in [5.41, 5.74) is 0.796. The van der Waals surface area contributed by atoms with Gasteiger partial charge in [0.2, 0.25) is 0 Å². The van der Waals surface area contributed by atoms with Gasteiger partial charge in [0.1, 0.15) is 5.82 Å². The summed E-state index contributed by atoms with van der Waals surface area (Å²) < 4.78 is 2.59. The molecule has 0 aliphatic heterocycles. The summed E-state index contributed by atoms with van der Waals surface area (Å²) in [6.45, 7) is 2.31. The monoisotopic (exact) mass is 298 g/mol. The number of hydrogen-bond donors (Lipinski definition) is 2. The molecule has 0 aliphatic carbocycles. The minimum Gasteiger partial charge on any atom is -0.396 e. The molecule has 0 aliphatic rings. The minimum absolute atomic E-state index is 0.229. The second-order valence-corrected chi connectivity index (χ2v) is 4.84. The van der Waals surface area contributed by atoms with Gasteiger partial charge in [0.05, 0.1) is 10.7 Å². The van der Waals surface area contributed by atoms with Gasteiger partial charge in [-0.15, -0.1) is 0 Å². The number of rotatable bonds is 5. The van der Waals surface area contributed by atoms with Crippen molar-refractivity contribution in [2.75, 3.05) is 11.9 Å². The van der Waals surface area contributed by atoms with E-state index in [2.05, 4.69) is 38.3 Å². The number of nitrogens with one attached hydrogen (secondary N) is 1. The molecule has 0 amide bonds. The van der Waals surface area contributed by atoms with E-state index in [0.29, 0.717) is 6.04 Å². The lowest BCUT2D eigenvalue weighted by Gasteiger charge is -2.13. The van der Waals surface area contributed by atoms with Crippen LogP contribution in [0, 0.1) is 0 Å². The summed E-state index contributed by atoms with van der Waals surface area (Å²) in [5, 5.41) is 16.2. The molecular formula is C11H15BrN4O. The first-order valence-electron chi connectivity index (χ1n) is 5.58. The molecule has 0 spiro atoms. The lowest BCUT2D eigenvalue weighted by Crippen LogP contribution is -2.16. The fourth-order valence-electron chi connectivity index (χ4n) is 1.64. The quantitative estimate of drug-likeness (QED) is 0.887. The lowest BCUT2D eigenvalue weighted by atomic mass is 10.2. The molecule has 5 nitrogen and oxygen atoms in total. The topological polar surface area (TPSA) is 62.5 Å². The van der Waals surface area contributed by atoms with Crippen LogP contribution < -0.4 is 5.32 Å². The van der Waals surface area contributed by atoms with Crippen LogP contribution in [0.1, 0.15) is 19.8 Å². The van der Waals surface area contributed by atoms with E-state index in [0.717, 1.165) is 28.8 Å². The fraction of sp³-hybridized carbons (Fsp3) is 0.455. The van der Waals surface area contributed by atoms with Gasteiger partial charge in [0.15, 0.2) is 5.65 Å². The van der Waals surface area contributed by atoms with Crippen molar-refractivity contribution < 1.29 is 5.11 Å². The van der Waals surface area contributed by atoms with Gasteiger partial charge in [-0.05, 0) is 41.8 Å². The maximum atomic E-state index is 8.77. The number of fused-ring (bicyclic) bond motifs is 1. The average Bonchev–Trinajstić information content (AvgIpc) is 2.68. The Morgan fingerprint density at radius 3 is 3.18 bits per heavy atom. The molecule has 17 heavy (non-hydrogen) atoms. The molecule has 0 radical (unpaired) electrons. The Hall–Kier alpha value is -1.14. The van der Waals surface area contributed by atoms with Gasteiger partial charge in [-0.25, -0.2) is 9.50 Å². The molecule has 2 aromatic rings. The van der Waals surface area contributed by atoms with Crippen LogP contribution in [-0.4, -0.2) is 32.4 Å². The molecule has 0 fully saturated rings. The summed E-state index contributed by atoms with van der Waals surface area (Å²) in [6.07, 6.45) is 5.31. The van der Waals surface area contributed by atoms with Gasteiger partial charge in [-0.2, -0.15) is 5.10 Å². The number of nitrogens with zero attached hydrogens (tertiary/aromatic N) is 3. The van der Waals surface area contributed by atoms with Crippen molar-refractivity contribution in [2.24, 2.45) is 0 Å². The van der Waals surface area contributed by atoms with Crippen molar-refractivity contribution in [3.05, 3.63) is 22.9 Å². The first-order valence-corrected chi connectivity index (χ1v) is 6.37. The van der Waals surface area contributed by atoms with Crippen molar-refractivity contribution in [3.63, 3.8) is 0 Å². The summed E-state index contributed by atoms with van der Waals surface area (Å²) in [4.78, 5) is 4.46. The van der Waals surface area contributed by atoms with Crippen LogP contribution in [0.5, 0.6) is 0 Å². The van der Waals surface area contributed by atoms with E-state index in [1.54, 1.807) is 10.7 Å². The van der Waals surface area contributed by atoms with Crippen molar-refractivity contribution in [3.8, 4) is 0 Å². The molecule has 6 heteroatoms. The van der Waals surface area contributed by atoms with E-state index in [4.69, 9.17) is 5.11 Å². The van der Waals surface area contributed by atoms with Gasteiger partial charge in [-0.1, -0.05) is 0 Å². The molecule has 0 saturated heterocycles. The molecular weight excluding hydrogens is 284 g/mol. The number of aliphatic hydroxyl groups is 1. The van der Waals surface area contributed by atoms with Crippen molar-refractivity contribution in [2.45, 2.75) is 25.8 Å². The minimum atomic E-state index is 0.229. The summed E-state index contributed by atoms with van der Waals surface area (Å²) in [5.74, 6) is 0.823. The van der Waals surface area contributed by atoms with Gasteiger partial charge < -0.3 is 10.4 Å². The Kier molecular flexibility index (Phi) is 3.96. The highest BCUT2D eigenvalue weighted by Crippen LogP contribution is 2.17. The van der Waals surface area contributed by atoms with E-state index in [-0.39, 0.29) is 6.61 Å². The van der Waals surface area contributed by atoms with Gasteiger partial charge in [0.25, 0.3) is 0 Å². The number of anilines is 1. The van der Waals surface area contributed by atoms with E-state index in [1.807, 2.05) is 12.3 Å². The molecule has 92 valence electrons. The van der Waals surface area contributed by atoms with Crippen LogP contribution in [0.4, 0.5) is 5.82 Å². The largest absolute Gasteiger partial charge is 0.396 e. The first kappa shape index (κ1) is 12.3. The summed E-state index contributed by atoms with van der Waals surface area (Å²) in [6, 6.07) is 2.18. The SMILES string of the molecule is CC(CCCO)Nc1ccn2ncc(Br)c2n1. The predicted molar refractivity (Wildman–Crippen MR) is 70.1 cm³/mol. The van der Waals surface area contributed by atoms with Gasteiger partial charge in [0, 0.05) is 18.8 Å². The normalized spacial score (nSPS) is 12.9. The summed E-state index contributed by atoms with van der Waals surface area (Å²) in [7, 11) is 0. The highest BCUT2D eigenvalue weighted by Gasteiger charge is 2.06. The lowest BCUT2D eigenvalue weighted by molar-refractivity contribution is 0.282. The summed E-state index contributed by atoms with van der Waals surface area (Å²) >= 11 is 3.40. The van der Waals surface area contributed by atoms with Crippen LogP contribution >= 0.6 is 15.9 Å². The Bertz CT molecular complexity index is 499. The van der Waals surface area contributed by atoms with Crippen LogP contribution in [0.3, 0.4) is 0 Å². The maximum Gasteiger partial charge on any atom is 0.171 e. The zero-order valence-electron chi connectivity index (χ0n) is 9.60. The third-order valence-electron chi connectivity index (χ3n) is 2.52. The average molecular weight is 299 g/mol. The van der Waals surface area contributed by atoms with E-state index < -0.39 is 0 Å². The van der Waals surface area contributed by atoms with Crippen LogP contribution in [-0.2, 0) is 0 Å². The standard InChI is InChI=1S/C11H15BrN4O/c1-8(3-2-6-17)14-10-4-5-16-11(15-10)9(12)7-13-16/h4-5,7-8,17H,2-3,6H2,1H3,(H,14,15). The molecule has 0 saturated carbocycles. The number of aromatic nitrogens is 3. The van der Waals surface area contributed by atoms with Crippen molar-refractivity contribution in [1.82, 2.24) is 14.6 Å². The van der Waals surface area contributed by atoms with Crippen LogP contribution in [0.25, 0.3) is 5.65 Å². The Morgan fingerprint density at radius 2 is 2.41 bits per heavy atom.